The third kappa shape index (κ3) is 4.00. The fraction of sp³-hybridized carbons (Fsp3) is 0.550. The minimum Gasteiger partial charge on any atom is -0.335 e. The first kappa shape index (κ1) is 19.2. The van der Waals surface area contributed by atoms with Crippen LogP contribution >= 0.6 is 11.6 Å². The van der Waals surface area contributed by atoms with E-state index in [1.165, 1.54) is 5.69 Å². The topological polar surface area (TPSA) is 97.9 Å². The molecule has 2 amide bonds. The Labute approximate surface area is 170 Å². The largest absolute Gasteiger partial charge is 0.335 e. The molecule has 4 N–H and O–H groups in total. The van der Waals surface area contributed by atoms with E-state index in [0.29, 0.717) is 10.8 Å². The molecule has 0 spiro atoms. The highest BCUT2D eigenvalue weighted by atomic mass is 35.5. The number of hydrogen-bond donors (Lipinski definition) is 3. The smallest absolute Gasteiger partial charge is 0.320 e. The molecule has 0 saturated heterocycles. The van der Waals surface area contributed by atoms with E-state index in [0.717, 1.165) is 49.8 Å². The van der Waals surface area contributed by atoms with Crippen molar-refractivity contribution >= 4 is 23.4 Å². The van der Waals surface area contributed by atoms with Gasteiger partial charge in [-0.15, -0.1) is 0 Å². The number of nitrogens with zero attached hydrogens (tertiary/aromatic N) is 3. The molecule has 0 bridgehead atoms. The second kappa shape index (κ2) is 7.37. The summed E-state index contributed by atoms with van der Waals surface area (Å²) in [7, 11) is 0. The van der Waals surface area contributed by atoms with Crippen molar-refractivity contribution in [2.75, 3.05) is 5.32 Å². The molecule has 4 rings (SSSR count). The molecule has 2 atom stereocenters. The van der Waals surface area contributed by atoms with Crippen LogP contribution in [0.25, 0.3) is 11.1 Å². The van der Waals surface area contributed by atoms with Crippen LogP contribution in [-0.4, -0.2) is 32.9 Å². The highest BCUT2D eigenvalue weighted by Gasteiger charge is 2.32. The van der Waals surface area contributed by atoms with Crippen LogP contribution in [0.2, 0.25) is 5.02 Å². The zero-order chi connectivity index (χ0) is 19.9. The Hall–Kier alpha value is -2.12. The number of amides is 2. The second-order valence-corrected chi connectivity index (χ2v) is 9.18. The third-order valence-corrected chi connectivity index (χ3v) is 5.91. The summed E-state index contributed by atoms with van der Waals surface area (Å²) < 4.78 is 2.04. The average Bonchev–Trinajstić information content (AvgIpc) is 3.11. The van der Waals surface area contributed by atoms with Crippen LogP contribution < -0.4 is 16.4 Å². The van der Waals surface area contributed by atoms with E-state index in [4.69, 9.17) is 17.3 Å². The maximum atomic E-state index is 12.4. The van der Waals surface area contributed by atoms with Gasteiger partial charge in [0, 0.05) is 41.6 Å². The van der Waals surface area contributed by atoms with Crippen molar-refractivity contribution in [1.29, 1.82) is 0 Å². The summed E-state index contributed by atoms with van der Waals surface area (Å²) in [6.45, 7) is 5.35. The van der Waals surface area contributed by atoms with Gasteiger partial charge in [0.25, 0.3) is 0 Å². The molecule has 0 unspecified atom stereocenters. The van der Waals surface area contributed by atoms with Gasteiger partial charge < -0.3 is 11.1 Å². The fourth-order valence-electron chi connectivity index (χ4n) is 4.28. The molecule has 150 valence electrons. The van der Waals surface area contributed by atoms with Crippen LogP contribution in [0.4, 0.5) is 10.6 Å². The lowest BCUT2D eigenvalue weighted by Crippen LogP contribution is -2.44. The van der Waals surface area contributed by atoms with Gasteiger partial charge in [-0.3, -0.25) is 10.00 Å². The van der Waals surface area contributed by atoms with Crippen molar-refractivity contribution in [2.24, 2.45) is 11.1 Å². The first-order valence-corrected chi connectivity index (χ1v) is 10.2. The van der Waals surface area contributed by atoms with Gasteiger partial charge in [0.05, 0.1) is 11.2 Å². The van der Waals surface area contributed by atoms with Gasteiger partial charge in [-0.25, -0.2) is 9.78 Å². The SMILES string of the molecule is CC1(C)Cc2c(-c3cc(NC(=O)N[C@H]4CCC[C@@H](N)C4)ncc3Cl)cnn2C1. The van der Waals surface area contributed by atoms with Gasteiger partial charge in [0.2, 0.25) is 0 Å². The summed E-state index contributed by atoms with van der Waals surface area (Å²) >= 11 is 6.43. The zero-order valence-corrected chi connectivity index (χ0v) is 17.1. The van der Waals surface area contributed by atoms with Crippen molar-refractivity contribution in [3.05, 3.63) is 29.2 Å². The van der Waals surface area contributed by atoms with Crippen LogP contribution in [0, 0.1) is 5.41 Å². The summed E-state index contributed by atoms with van der Waals surface area (Å²) in [5.41, 5.74) is 9.19. The van der Waals surface area contributed by atoms with E-state index < -0.39 is 0 Å². The molecule has 8 heteroatoms. The van der Waals surface area contributed by atoms with E-state index in [9.17, 15) is 4.79 Å². The van der Waals surface area contributed by atoms with Crippen LogP contribution in [0.15, 0.2) is 18.5 Å². The Morgan fingerprint density at radius 1 is 1.32 bits per heavy atom. The van der Waals surface area contributed by atoms with E-state index in [1.807, 2.05) is 16.9 Å². The van der Waals surface area contributed by atoms with Crippen LogP contribution in [0.3, 0.4) is 0 Å². The quantitative estimate of drug-likeness (QED) is 0.730. The number of fused-ring (bicyclic) bond motifs is 1. The summed E-state index contributed by atoms with van der Waals surface area (Å²) in [6.07, 6.45) is 8.19. The number of pyridine rings is 1. The number of nitrogens with one attached hydrogen (secondary N) is 2. The molecule has 2 aliphatic rings. The molecular weight excluding hydrogens is 376 g/mol. The molecule has 7 nitrogen and oxygen atoms in total. The monoisotopic (exact) mass is 402 g/mol. The van der Waals surface area contributed by atoms with Gasteiger partial charge in [-0.1, -0.05) is 25.4 Å². The first-order valence-electron chi connectivity index (χ1n) is 9.84. The predicted molar refractivity (Wildman–Crippen MR) is 110 cm³/mol. The molecule has 1 saturated carbocycles. The molecule has 2 aromatic heterocycles. The highest BCUT2D eigenvalue weighted by molar-refractivity contribution is 6.33. The zero-order valence-electron chi connectivity index (χ0n) is 16.3. The lowest BCUT2D eigenvalue weighted by molar-refractivity contribution is 0.242. The Morgan fingerprint density at radius 2 is 2.14 bits per heavy atom. The van der Waals surface area contributed by atoms with Crippen molar-refractivity contribution in [3.8, 4) is 11.1 Å². The minimum atomic E-state index is -0.263. The molecule has 1 aliphatic heterocycles. The Balaban J connectivity index is 1.50. The van der Waals surface area contributed by atoms with Crippen LogP contribution in [0.1, 0.15) is 45.2 Å². The van der Waals surface area contributed by atoms with Crippen molar-refractivity contribution < 1.29 is 4.79 Å². The Kier molecular flexibility index (Phi) is 5.05. The number of halogens is 1. The standard InChI is InChI=1S/C20H27ClN6O/c1-20(2)8-17-15(9-24-27(17)11-20)14-7-18(23-10-16(14)21)26-19(28)25-13-5-3-4-12(22)6-13/h7,9-10,12-13H,3-6,8,11,22H2,1-2H3,(H2,23,25,26,28)/t12-,13+/m1/s1. The lowest BCUT2D eigenvalue weighted by Gasteiger charge is -2.27. The Morgan fingerprint density at radius 3 is 2.93 bits per heavy atom. The first-order chi connectivity index (χ1) is 13.3. The number of rotatable bonds is 3. The lowest BCUT2D eigenvalue weighted by atomic mass is 9.89. The molecular formula is C20H27ClN6O. The van der Waals surface area contributed by atoms with Crippen molar-refractivity contribution in [1.82, 2.24) is 20.1 Å². The maximum absolute atomic E-state index is 12.4. The number of nitrogens with two attached hydrogens (primary N) is 1. The molecule has 0 radical (unpaired) electrons. The van der Waals surface area contributed by atoms with Crippen LogP contribution in [-0.2, 0) is 13.0 Å². The summed E-state index contributed by atoms with van der Waals surface area (Å²) in [6, 6.07) is 1.82. The number of carbonyl (C=O) groups excluding carboxylic acids is 1. The maximum Gasteiger partial charge on any atom is 0.320 e. The van der Waals surface area contributed by atoms with Gasteiger partial charge in [-0.2, -0.15) is 5.10 Å². The van der Waals surface area contributed by atoms with Gasteiger partial charge in [0.15, 0.2) is 0 Å². The Bertz CT molecular complexity index is 893. The van der Waals surface area contributed by atoms with E-state index in [1.54, 1.807) is 6.20 Å². The second-order valence-electron chi connectivity index (χ2n) is 8.78. The predicted octanol–water partition coefficient (Wildman–Crippen LogP) is 3.57. The van der Waals surface area contributed by atoms with Crippen molar-refractivity contribution in [3.63, 3.8) is 0 Å². The number of aromatic nitrogens is 3. The van der Waals surface area contributed by atoms with Gasteiger partial charge in [-0.05, 0) is 43.6 Å². The fourth-order valence-corrected chi connectivity index (χ4v) is 4.49. The average molecular weight is 403 g/mol. The number of hydrogen-bond acceptors (Lipinski definition) is 4. The number of anilines is 1. The van der Waals surface area contributed by atoms with E-state index in [-0.39, 0.29) is 23.5 Å². The normalized spacial score (nSPS) is 23.3. The van der Waals surface area contributed by atoms with E-state index >= 15 is 0 Å². The molecule has 2 aromatic rings. The molecule has 1 fully saturated rings. The van der Waals surface area contributed by atoms with Crippen molar-refractivity contribution in [2.45, 2.75) is 64.6 Å². The number of urea groups is 1. The summed E-state index contributed by atoms with van der Waals surface area (Å²) in [5.74, 6) is 0.467. The molecule has 1 aliphatic carbocycles. The molecule has 3 heterocycles. The van der Waals surface area contributed by atoms with Gasteiger partial charge >= 0.3 is 6.03 Å². The summed E-state index contributed by atoms with van der Waals surface area (Å²) in [4.78, 5) is 16.7. The number of carbonyl (C=O) groups is 1. The molecule has 0 aromatic carbocycles. The summed E-state index contributed by atoms with van der Waals surface area (Å²) in [5, 5.41) is 10.9. The van der Waals surface area contributed by atoms with Gasteiger partial charge in [0.1, 0.15) is 5.82 Å². The third-order valence-electron chi connectivity index (χ3n) is 5.61. The molecule has 28 heavy (non-hydrogen) atoms. The van der Waals surface area contributed by atoms with Crippen LogP contribution in [0.5, 0.6) is 0 Å². The minimum absolute atomic E-state index is 0.108. The highest BCUT2D eigenvalue weighted by Crippen LogP contribution is 2.39. The van der Waals surface area contributed by atoms with E-state index in [2.05, 4.69) is 34.6 Å².